The number of aromatic nitrogens is 3. The Morgan fingerprint density at radius 2 is 1.67 bits per heavy atom. The van der Waals surface area contributed by atoms with Gasteiger partial charge in [-0.05, 0) is 12.8 Å². The molecule has 9 heteroatoms. The molecule has 0 saturated heterocycles. The van der Waals surface area contributed by atoms with Crippen molar-refractivity contribution in [3.63, 3.8) is 0 Å². The highest BCUT2D eigenvalue weighted by Gasteiger charge is 2.22. The standard InChI is InChI=1S/C15H27N7O2/c1-2-6-17-13-20-14(22-15(21-13)19-12-3-4-12)18-7-9-24-11-10-23-8-5-16/h2,12H,1,3-11,16H2,(H3,17,18,19,20,21,22). The Balaban J connectivity index is 1.74. The lowest BCUT2D eigenvalue weighted by Crippen LogP contribution is -2.17. The Kier molecular flexibility index (Phi) is 8.22. The molecular weight excluding hydrogens is 310 g/mol. The average molecular weight is 337 g/mol. The molecule has 24 heavy (non-hydrogen) atoms. The highest BCUT2D eigenvalue weighted by molar-refractivity contribution is 5.43. The van der Waals surface area contributed by atoms with E-state index in [1.54, 1.807) is 6.08 Å². The van der Waals surface area contributed by atoms with Crippen LogP contribution in [0.5, 0.6) is 0 Å². The maximum Gasteiger partial charge on any atom is 0.229 e. The van der Waals surface area contributed by atoms with E-state index in [0.29, 0.717) is 69.9 Å². The molecule has 1 aliphatic rings. The Morgan fingerprint density at radius 3 is 2.33 bits per heavy atom. The summed E-state index contributed by atoms with van der Waals surface area (Å²) in [6.45, 7) is 7.59. The first-order valence-electron chi connectivity index (χ1n) is 8.28. The summed E-state index contributed by atoms with van der Waals surface area (Å²) < 4.78 is 10.7. The van der Waals surface area contributed by atoms with Crippen molar-refractivity contribution in [2.24, 2.45) is 5.73 Å². The van der Waals surface area contributed by atoms with Gasteiger partial charge in [-0.3, -0.25) is 0 Å². The van der Waals surface area contributed by atoms with Crippen molar-refractivity contribution in [2.45, 2.75) is 18.9 Å². The number of hydrogen-bond donors (Lipinski definition) is 4. The van der Waals surface area contributed by atoms with Crippen molar-refractivity contribution in [1.29, 1.82) is 0 Å². The fourth-order valence-corrected chi connectivity index (χ4v) is 1.81. The molecule has 0 unspecified atom stereocenters. The lowest BCUT2D eigenvalue weighted by molar-refractivity contribution is 0.0547. The zero-order chi connectivity index (χ0) is 17.0. The van der Waals surface area contributed by atoms with Gasteiger partial charge in [0.15, 0.2) is 0 Å². The van der Waals surface area contributed by atoms with Gasteiger partial charge in [-0.1, -0.05) is 6.08 Å². The normalized spacial score (nSPS) is 13.5. The average Bonchev–Trinajstić information content (AvgIpc) is 3.39. The quantitative estimate of drug-likeness (QED) is 0.283. The van der Waals surface area contributed by atoms with Crippen LogP contribution < -0.4 is 21.7 Å². The Hall–Kier alpha value is -1.97. The van der Waals surface area contributed by atoms with Gasteiger partial charge < -0.3 is 31.2 Å². The first-order valence-corrected chi connectivity index (χ1v) is 8.28. The maximum absolute atomic E-state index is 5.46. The van der Waals surface area contributed by atoms with E-state index in [1.807, 2.05) is 0 Å². The van der Waals surface area contributed by atoms with Crippen molar-refractivity contribution in [3.8, 4) is 0 Å². The third-order valence-corrected chi connectivity index (χ3v) is 3.11. The molecule has 134 valence electrons. The van der Waals surface area contributed by atoms with E-state index < -0.39 is 0 Å². The number of rotatable bonds is 14. The summed E-state index contributed by atoms with van der Waals surface area (Å²) in [5.74, 6) is 1.62. The molecule has 0 atom stereocenters. The highest BCUT2D eigenvalue weighted by atomic mass is 16.5. The van der Waals surface area contributed by atoms with Gasteiger partial charge in [0.25, 0.3) is 0 Å². The SMILES string of the molecule is C=CCNc1nc(NCCOCCOCCN)nc(NC2CC2)n1. The number of nitrogens with two attached hydrogens (primary N) is 1. The molecule has 0 radical (unpaired) electrons. The van der Waals surface area contributed by atoms with Crippen molar-refractivity contribution < 1.29 is 9.47 Å². The molecule has 0 aliphatic heterocycles. The number of hydrogen-bond acceptors (Lipinski definition) is 9. The largest absolute Gasteiger partial charge is 0.378 e. The topological polar surface area (TPSA) is 119 Å². The summed E-state index contributed by atoms with van der Waals surface area (Å²) in [5.41, 5.74) is 5.33. The predicted octanol–water partition coefficient (Wildman–Crippen LogP) is 0.448. The van der Waals surface area contributed by atoms with Crippen LogP contribution in [0.15, 0.2) is 12.7 Å². The first kappa shape index (κ1) is 18.4. The number of ether oxygens (including phenoxy) is 2. The summed E-state index contributed by atoms with van der Waals surface area (Å²) in [6, 6.07) is 0.476. The van der Waals surface area contributed by atoms with Crippen molar-refractivity contribution >= 4 is 17.8 Å². The molecule has 9 nitrogen and oxygen atoms in total. The predicted molar refractivity (Wildman–Crippen MR) is 94.3 cm³/mol. The van der Waals surface area contributed by atoms with Gasteiger partial charge >= 0.3 is 0 Å². The van der Waals surface area contributed by atoms with Crippen LogP contribution in [-0.4, -0.2) is 67.1 Å². The van der Waals surface area contributed by atoms with Crippen LogP contribution in [0.2, 0.25) is 0 Å². The van der Waals surface area contributed by atoms with Gasteiger partial charge in [0.05, 0.1) is 26.4 Å². The third-order valence-electron chi connectivity index (χ3n) is 3.11. The molecule has 5 N–H and O–H groups in total. The molecule has 1 heterocycles. The van der Waals surface area contributed by atoms with Crippen molar-refractivity contribution in [1.82, 2.24) is 15.0 Å². The van der Waals surface area contributed by atoms with Crippen molar-refractivity contribution in [2.75, 3.05) is 62.0 Å². The second-order valence-electron chi connectivity index (χ2n) is 5.33. The van der Waals surface area contributed by atoms with Gasteiger partial charge in [0.1, 0.15) is 0 Å². The minimum absolute atomic E-state index is 0.476. The third kappa shape index (κ3) is 7.53. The van der Waals surface area contributed by atoms with E-state index in [4.69, 9.17) is 15.2 Å². The van der Waals surface area contributed by atoms with Crippen LogP contribution in [0.25, 0.3) is 0 Å². The summed E-state index contributed by atoms with van der Waals surface area (Å²) in [7, 11) is 0. The Morgan fingerprint density at radius 1 is 1.00 bits per heavy atom. The fourth-order valence-electron chi connectivity index (χ4n) is 1.81. The van der Waals surface area contributed by atoms with Crippen molar-refractivity contribution in [3.05, 3.63) is 12.7 Å². The van der Waals surface area contributed by atoms with Gasteiger partial charge in [0, 0.05) is 25.7 Å². The summed E-state index contributed by atoms with van der Waals surface area (Å²) in [4.78, 5) is 13.1. The molecule has 1 fully saturated rings. The molecule has 1 aliphatic carbocycles. The molecule has 0 aromatic carbocycles. The maximum atomic E-state index is 5.46. The minimum atomic E-state index is 0.476. The summed E-state index contributed by atoms with van der Waals surface area (Å²) in [5, 5.41) is 9.50. The zero-order valence-corrected chi connectivity index (χ0v) is 14.0. The number of nitrogens with one attached hydrogen (secondary N) is 3. The second-order valence-corrected chi connectivity index (χ2v) is 5.33. The van der Waals surface area contributed by atoms with E-state index in [-0.39, 0.29) is 0 Å². The van der Waals surface area contributed by atoms with Crippen LogP contribution in [0.4, 0.5) is 17.8 Å². The van der Waals surface area contributed by atoms with Gasteiger partial charge in [-0.2, -0.15) is 15.0 Å². The lowest BCUT2D eigenvalue weighted by atomic mass is 10.6. The molecule has 0 bridgehead atoms. The molecule has 0 amide bonds. The molecule has 2 rings (SSSR count). The molecular formula is C15H27N7O2. The van der Waals surface area contributed by atoms with E-state index in [9.17, 15) is 0 Å². The van der Waals surface area contributed by atoms with Gasteiger partial charge in [-0.25, -0.2) is 0 Å². The van der Waals surface area contributed by atoms with E-state index in [1.165, 1.54) is 0 Å². The van der Waals surface area contributed by atoms with Crippen LogP contribution in [-0.2, 0) is 9.47 Å². The number of anilines is 3. The highest BCUT2D eigenvalue weighted by Crippen LogP contribution is 2.23. The number of nitrogens with zero attached hydrogens (tertiary/aromatic N) is 3. The van der Waals surface area contributed by atoms with E-state index in [0.717, 1.165) is 12.8 Å². The van der Waals surface area contributed by atoms with Crippen LogP contribution >= 0.6 is 0 Å². The Labute approximate surface area is 142 Å². The lowest BCUT2D eigenvalue weighted by Gasteiger charge is -2.10. The monoisotopic (exact) mass is 337 g/mol. The summed E-state index contributed by atoms with van der Waals surface area (Å²) >= 11 is 0. The van der Waals surface area contributed by atoms with E-state index in [2.05, 4.69) is 37.5 Å². The van der Waals surface area contributed by atoms with Crippen LogP contribution in [0.3, 0.4) is 0 Å². The van der Waals surface area contributed by atoms with Gasteiger partial charge in [-0.15, -0.1) is 6.58 Å². The summed E-state index contributed by atoms with van der Waals surface area (Å²) in [6.07, 6.45) is 4.07. The smallest absolute Gasteiger partial charge is 0.229 e. The Bertz CT molecular complexity index is 497. The molecule has 0 spiro atoms. The van der Waals surface area contributed by atoms with Crippen LogP contribution in [0, 0.1) is 0 Å². The van der Waals surface area contributed by atoms with Gasteiger partial charge in [0.2, 0.25) is 17.8 Å². The zero-order valence-electron chi connectivity index (χ0n) is 14.0. The minimum Gasteiger partial charge on any atom is -0.378 e. The molecule has 1 aromatic rings. The molecule has 1 saturated carbocycles. The second kappa shape index (κ2) is 10.7. The molecule has 1 aromatic heterocycles. The fraction of sp³-hybridized carbons (Fsp3) is 0.667. The van der Waals surface area contributed by atoms with E-state index >= 15 is 0 Å². The van der Waals surface area contributed by atoms with Crippen LogP contribution in [0.1, 0.15) is 12.8 Å². The first-order chi connectivity index (χ1) is 11.8.